The number of rotatable bonds is 3. The van der Waals surface area contributed by atoms with Crippen molar-refractivity contribution < 1.29 is 4.79 Å². The summed E-state index contributed by atoms with van der Waals surface area (Å²) in [6, 6.07) is 6.95. The lowest BCUT2D eigenvalue weighted by Crippen LogP contribution is -2.28. The van der Waals surface area contributed by atoms with Gasteiger partial charge in [0.15, 0.2) is 5.82 Å². The van der Waals surface area contributed by atoms with Gasteiger partial charge in [0, 0.05) is 32.1 Å². The number of nitrogens with one attached hydrogen (secondary N) is 2. The number of anilines is 1. The number of aryl methyl sites for hydroxylation is 1. The average molecular weight is 311 g/mol. The highest BCUT2D eigenvalue weighted by Crippen LogP contribution is 2.20. The summed E-state index contributed by atoms with van der Waals surface area (Å²) in [6.07, 6.45) is 5.31. The first-order valence-corrected chi connectivity index (χ1v) is 7.27. The van der Waals surface area contributed by atoms with Crippen LogP contribution >= 0.6 is 0 Å². The number of fused-ring (bicyclic) bond motifs is 1. The van der Waals surface area contributed by atoms with Gasteiger partial charge in [0.25, 0.3) is 5.56 Å². The highest BCUT2D eigenvalue weighted by Gasteiger charge is 2.07. The van der Waals surface area contributed by atoms with E-state index in [9.17, 15) is 9.59 Å². The van der Waals surface area contributed by atoms with Crippen molar-refractivity contribution in [3.8, 4) is 11.1 Å². The molecule has 0 spiro atoms. The lowest BCUT2D eigenvalue weighted by Gasteiger charge is -2.03. The molecule has 2 amide bonds. The minimum absolute atomic E-state index is 0.0655. The van der Waals surface area contributed by atoms with E-state index < -0.39 is 0 Å². The van der Waals surface area contributed by atoms with Gasteiger partial charge in [-0.05, 0) is 36.2 Å². The second-order valence-electron chi connectivity index (χ2n) is 5.16. The molecule has 0 fully saturated rings. The van der Waals surface area contributed by atoms with Crippen molar-refractivity contribution in [2.75, 3.05) is 11.9 Å². The molecular formula is C16H17N5O2. The minimum atomic E-state index is -0.289. The third-order valence-electron chi connectivity index (χ3n) is 3.48. The van der Waals surface area contributed by atoms with E-state index >= 15 is 0 Å². The van der Waals surface area contributed by atoms with Crippen LogP contribution in [0.4, 0.5) is 10.6 Å². The Balaban J connectivity index is 1.94. The van der Waals surface area contributed by atoms with Crippen molar-refractivity contribution in [2.24, 2.45) is 7.05 Å². The third-order valence-corrected chi connectivity index (χ3v) is 3.48. The molecule has 0 saturated heterocycles. The first-order chi connectivity index (χ1) is 11.1. The first kappa shape index (κ1) is 14.8. The molecule has 23 heavy (non-hydrogen) atoms. The number of hydrogen-bond donors (Lipinski definition) is 2. The predicted octanol–water partition coefficient (Wildman–Crippen LogP) is 1.84. The van der Waals surface area contributed by atoms with Gasteiger partial charge in [-0.15, -0.1) is 0 Å². The standard InChI is InChI=1S/C16H17N5O2/c1-3-17-16(23)19-13-10-21-7-5-11(8-14(21)18-13)12-4-6-20(2)15(22)9-12/h4-10H,3H2,1-2H3,(H2,17,19,23). The van der Waals surface area contributed by atoms with Gasteiger partial charge >= 0.3 is 6.03 Å². The van der Waals surface area contributed by atoms with E-state index in [0.29, 0.717) is 18.0 Å². The molecule has 3 heterocycles. The molecule has 0 aliphatic heterocycles. The predicted molar refractivity (Wildman–Crippen MR) is 88.6 cm³/mol. The summed E-state index contributed by atoms with van der Waals surface area (Å²) in [5.74, 6) is 0.470. The normalized spacial score (nSPS) is 10.7. The molecule has 0 aromatic carbocycles. The fraction of sp³-hybridized carbons (Fsp3) is 0.188. The monoisotopic (exact) mass is 311 g/mol. The van der Waals surface area contributed by atoms with E-state index in [1.165, 1.54) is 4.57 Å². The van der Waals surface area contributed by atoms with Gasteiger partial charge in [-0.1, -0.05) is 0 Å². The molecule has 7 nitrogen and oxygen atoms in total. The Hall–Kier alpha value is -3.09. The third kappa shape index (κ3) is 3.08. The Morgan fingerprint density at radius 1 is 1.22 bits per heavy atom. The van der Waals surface area contributed by atoms with Gasteiger partial charge in [-0.3, -0.25) is 10.1 Å². The molecule has 7 heteroatoms. The molecule has 0 aliphatic carbocycles. The maximum Gasteiger partial charge on any atom is 0.320 e. The van der Waals surface area contributed by atoms with Crippen LogP contribution in [-0.4, -0.2) is 26.5 Å². The number of pyridine rings is 2. The molecule has 2 N–H and O–H groups in total. The van der Waals surface area contributed by atoms with E-state index in [-0.39, 0.29) is 11.6 Å². The molecule has 3 aromatic rings. The van der Waals surface area contributed by atoms with Gasteiger partial charge in [0.05, 0.1) is 6.20 Å². The highest BCUT2D eigenvalue weighted by atomic mass is 16.2. The van der Waals surface area contributed by atoms with Gasteiger partial charge < -0.3 is 14.3 Å². The quantitative estimate of drug-likeness (QED) is 0.774. The molecular weight excluding hydrogens is 294 g/mol. The summed E-state index contributed by atoms with van der Waals surface area (Å²) in [5.41, 5.74) is 2.35. The second-order valence-corrected chi connectivity index (χ2v) is 5.16. The zero-order chi connectivity index (χ0) is 16.4. The number of urea groups is 1. The van der Waals surface area contributed by atoms with E-state index in [1.54, 1.807) is 25.5 Å². The van der Waals surface area contributed by atoms with Crippen molar-refractivity contribution in [1.82, 2.24) is 19.3 Å². The van der Waals surface area contributed by atoms with Crippen LogP contribution in [-0.2, 0) is 7.05 Å². The Labute approximate surface area is 132 Å². The van der Waals surface area contributed by atoms with E-state index in [4.69, 9.17) is 0 Å². The Morgan fingerprint density at radius 2 is 1.96 bits per heavy atom. The lowest BCUT2D eigenvalue weighted by molar-refractivity contribution is 0.252. The first-order valence-electron chi connectivity index (χ1n) is 7.27. The molecule has 0 bridgehead atoms. The largest absolute Gasteiger partial charge is 0.338 e. The van der Waals surface area contributed by atoms with Crippen molar-refractivity contribution in [2.45, 2.75) is 6.92 Å². The number of carbonyl (C=O) groups is 1. The SMILES string of the molecule is CCNC(=O)Nc1cn2ccc(-c3ccn(C)c(=O)c3)cc2n1. The molecule has 0 atom stereocenters. The van der Waals surface area contributed by atoms with Crippen molar-refractivity contribution in [3.05, 3.63) is 53.2 Å². The number of hydrogen-bond acceptors (Lipinski definition) is 3. The van der Waals surface area contributed by atoms with Crippen LogP contribution < -0.4 is 16.2 Å². The molecule has 0 unspecified atom stereocenters. The van der Waals surface area contributed by atoms with Crippen LogP contribution in [0, 0.1) is 0 Å². The number of aromatic nitrogens is 3. The lowest BCUT2D eigenvalue weighted by atomic mass is 10.1. The van der Waals surface area contributed by atoms with Crippen LogP contribution in [0.25, 0.3) is 16.8 Å². The summed E-state index contributed by atoms with van der Waals surface area (Å²) in [7, 11) is 1.71. The molecule has 3 aromatic heterocycles. The zero-order valence-electron chi connectivity index (χ0n) is 12.9. The molecule has 0 saturated carbocycles. The van der Waals surface area contributed by atoms with Crippen molar-refractivity contribution in [3.63, 3.8) is 0 Å². The van der Waals surface area contributed by atoms with Crippen molar-refractivity contribution >= 4 is 17.5 Å². The van der Waals surface area contributed by atoms with Crippen LogP contribution in [0.3, 0.4) is 0 Å². The van der Waals surface area contributed by atoms with E-state index in [1.807, 2.05) is 35.7 Å². The topological polar surface area (TPSA) is 80.4 Å². The van der Waals surface area contributed by atoms with Gasteiger partial charge in [0.1, 0.15) is 5.65 Å². The molecule has 118 valence electrons. The van der Waals surface area contributed by atoms with Crippen molar-refractivity contribution in [1.29, 1.82) is 0 Å². The summed E-state index contributed by atoms with van der Waals surface area (Å²) < 4.78 is 3.33. The van der Waals surface area contributed by atoms with Crippen LogP contribution in [0.2, 0.25) is 0 Å². The fourth-order valence-electron chi connectivity index (χ4n) is 2.27. The van der Waals surface area contributed by atoms with Gasteiger partial charge in [-0.25, -0.2) is 9.78 Å². The Morgan fingerprint density at radius 3 is 2.70 bits per heavy atom. The summed E-state index contributed by atoms with van der Waals surface area (Å²) in [5, 5.41) is 5.32. The number of imidazole rings is 1. The highest BCUT2D eigenvalue weighted by molar-refractivity contribution is 5.88. The molecule has 0 radical (unpaired) electrons. The second kappa shape index (κ2) is 5.96. The number of carbonyl (C=O) groups excluding carboxylic acids is 1. The number of nitrogens with zero attached hydrogens (tertiary/aromatic N) is 3. The fourth-order valence-corrected chi connectivity index (χ4v) is 2.27. The zero-order valence-corrected chi connectivity index (χ0v) is 12.9. The Bertz CT molecular complexity index is 926. The summed E-state index contributed by atoms with van der Waals surface area (Å²) >= 11 is 0. The van der Waals surface area contributed by atoms with Crippen LogP contribution in [0.5, 0.6) is 0 Å². The number of amides is 2. The Kier molecular flexibility index (Phi) is 3.84. The summed E-state index contributed by atoms with van der Waals surface area (Å²) in [4.78, 5) is 27.7. The van der Waals surface area contributed by atoms with Crippen LogP contribution in [0.1, 0.15) is 6.92 Å². The van der Waals surface area contributed by atoms with Gasteiger partial charge in [-0.2, -0.15) is 0 Å². The smallest absolute Gasteiger partial charge is 0.320 e. The van der Waals surface area contributed by atoms with E-state index in [0.717, 1.165) is 11.1 Å². The maximum absolute atomic E-state index is 11.8. The van der Waals surface area contributed by atoms with E-state index in [2.05, 4.69) is 15.6 Å². The molecule has 0 aliphatic rings. The van der Waals surface area contributed by atoms with Gasteiger partial charge in [0.2, 0.25) is 0 Å². The minimum Gasteiger partial charge on any atom is -0.338 e. The average Bonchev–Trinajstić information content (AvgIpc) is 2.91. The maximum atomic E-state index is 11.8. The molecule has 3 rings (SSSR count). The van der Waals surface area contributed by atoms with Crippen LogP contribution in [0.15, 0.2) is 47.7 Å². The summed E-state index contributed by atoms with van der Waals surface area (Å²) in [6.45, 7) is 2.39.